The normalized spacial score (nSPS) is 14.3. The first kappa shape index (κ1) is 24.7. The molecular formula is C27H17N3O7S. The molecule has 0 aromatic heterocycles. The number of hydrogen-bond acceptors (Lipinski definition) is 8. The molecule has 2 amide bonds. The Morgan fingerprint density at radius 3 is 2.29 bits per heavy atom. The number of nitro benzene ring substituents is 2. The van der Waals surface area contributed by atoms with Crippen molar-refractivity contribution in [1.29, 1.82) is 0 Å². The van der Waals surface area contributed by atoms with Crippen LogP contribution < -0.4 is 4.74 Å². The van der Waals surface area contributed by atoms with Gasteiger partial charge in [-0.15, -0.1) is 0 Å². The number of thioether (sulfide) groups is 1. The Hall–Kier alpha value is -5.03. The van der Waals surface area contributed by atoms with Gasteiger partial charge in [0, 0.05) is 6.07 Å². The highest BCUT2D eigenvalue weighted by atomic mass is 32.2. The number of nitrogens with zero attached hydrogens (tertiary/aromatic N) is 3. The van der Waals surface area contributed by atoms with E-state index in [2.05, 4.69) is 0 Å². The summed E-state index contributed by atoms with van der Waals surface area (Å²) < 4.78 is 5.56. The lowest BCUT2D eigenvalue weighted by molar-refractivity contribution is -0.394. The van der Waals surface area contributed by atoms with Crippen molar-refractivity contribution in [3.63, 3.8) is 0 Å². The average Bonchev–Trinajstić information content (AvgIpc) is 3.17. The highest BCUT2D eigenvalue weighted by molar-refractivity contribution is 8.18. The largest absolute Gasteiger partial charge is 0.450 e. The second-order valence-electron chi connectivity index (χ2n) is 8.29. The number of non-ortho nitro benzene ring substituents is 1. The third-order valence-corrected chi connectivity index (χ3v) is 6.69. The molecule has 0 spiro atoms. The Balaban J connectivity index is 1.30. The maximum absolute atomic E-state index is 13.0. The van der Waals surface area contributed by atoms with Gasteiger partial charge in [0.05, 0.1) is 27.4 Å². The number of nitro groups is 2. The summed E-state index contributed by atoms with van der Waals surface area (Å²) in [5.74, 6) is -0.290. The predicted octanol–water partition coefficient (Wildman–Crippen LogP) is 6.69. The van der Waals surface area contributed by atoms with E-state index in [9.17, 15) is 29.8 Å². The lowest BCUT2D eigenvalue weighted by Gasteiger charge is -2.13. The highest BCUT2D eigenvalue weighted by Crippen LogP contribution is 2.36. The van der Waals surface area contributed by atoms with Crippen molar-refractivity contribution in [2.24, 2.45) is 0 Å². The van der Waals surface area contributed by atoms with E-state index >= 15 is 0 Å². The topological polar surface area (TPSA) is 133 Å². The average molecular weight is 528 g/mol. The van der Waals surface area contributed by atoms with Gasteiger partial charge in [-0.2, -0.15) is 0 Å². The summed E-state index contributed by atoms with van der Waals surface area (Å²) in [6.07, 6.45) is 1.59. The number of hydrogen-bond donors (Lipinski definition) is 0. The van der Waals surface area contributed by atoms with Gasteiger partial charge in [0.15, 0.2) is 0 Å². The molecule has 188 valence electrons. The Bertz CT molecular complexity index is 1650. The molecule has 11 heteroatoms. The van der Waals surface area contributed by atoms with Gasteiger partial charge >= 0.3 is 5.69 Å². The summed E-state index contributed by atoms with van der Waals surface area (Å²) in [5, 5.41) is 24.0. The zero-order chi connectivity index (χ0) is 26.8. The molecule has 1 aliphatic heterocycles. The molecule has 1 saturated heterocycles. The quantitative estimate of drug-likeness (QED) is 0.148. The Morgan fingerprint density at radius 1 is 0.842 bits per heavy atom. The number of amides is 2. The fraction of sp³-hybridized carbons (Fsp3) is 0.0370. The highest BCUT2D eigenvalue weighted by Gasteiger charge is 2.35. The summed E-state index contributed by atoms with van der Waals surface area (Å²) in [7, 11) is 0. The molecule has 0 bridgehead atoms. The zero-order valence-electron chi connectivity index (χ0n) is 19.5. The third kappa shape index (κ3) is 5.08. The van der Waals surface area contributed by atoms with Gasteiger partial charge in [0.25, 0.3) is 16.8 Å². The van der Waals surface area contributed by atoms with Gasteiger partial charge < -0.3 is 4.74 Å². The monoisotopic (exact) mass is 527 g/mol. The second kappa shape index (κ2) is 10.1. The fourth-order valence-electron chi connectivity index (χ4n) is 3.91. The lowest BCUT2D eigenvalue weighted by atomic mass is 10.1. The molecule has 0 atom stereocenters. The van der Waals surface area contributed by atoms with E-state index in [0.29, 0.717) is 5.56 Å². The molecule has 0 radical (unpaired) electrons. The minimum absolute atomic E-state index is 0.150. The van der Waals surface area contributed by atoms with Crippen LogP contribution in [0.15, 0.2) is 89.8 Å². The maximum atomic E-state index is 13.0. The number of imide groups is 1. The molecular weight excluding hydrogens is 510 g/mol. The van der Waals surface area contributed by atoms with Crippen LogP contribution in [0.25, 0.3) is 16.8 Å². The molecule has 10 nitrogen and oxygen atoms in total. The van der Waals surface area contributed by atoms with E-state index < -0.39 is 27.1 Å². The molecule has 1 aliphatic rings. The van der Waals surface area contributed by atoms with Crippen LogP contribution in [0.1, 0.15) is 11.1 Å². The van der Waals surface area contributed by atoms with Crippen LogP contribution in [-0.2, 0) is 11.3 Å². The second-order valence-corrected chi connectivity index (χ2v) is 9.28. The standard InChI is InChI=1S/C27H17N3O7S/c31-26-25(38-27(32)28(26)16-18-5-8-19-3-1-2-4-20(19)13-18)14-17-6-10-22(11-7-17)37-24-12-9-21(29(33)34)15-23(24)30(35)36/h1-15H,16H2/b25-14-. The summed E-state index contributed by atoms with van der Waals surface area (Å²) in [6, 6.07) is 23.1. The fourth-order valence-corrected chi connectivity index (χ4v) is 4.75. The smallest absolute Gasteiger partial charge is 0.318 e. The summed E-state index contributed by atoms with van der Waals surface area (Å²) in [4.78, 5) is 47.7. The number of carbonyl (C=O) groups is 2. The molecule has 38 heavy (non-hydrogen) atoms. The van der Waals surface area contributed by atoms with Gasteiger partial charge in [0.1, 0.15) is 5.75 Å². The van der Waals surface area contributed by atoms with Crippen LogP contribution in [0.4, 0.5) is 16.2 Å². The lowest BCUT2D eigenvalue weighted by Crippen LogP contribution is -2.27. The number of ether oxygens (including phenoxy) is 1. The van der Waals surface area contributed by atoms with Crippen LogP contribution in [-0.4, -0.2) is 25.9 Å². The van der Waals surface area contributed by atoms with Crippen LogP contribution in [0.2, 0.25) is 0 Å². The van der Waals surface area contributed by atoms with Crippen molar-refractivity contribution in [1.82, 2.24) is 4.90 Å². The van der Waals surface area contributed by atoms with Gasteiger partial charge in [-0.05, 0) is 64.0 Å². The van der Waals surface area contributed by atoms with E-state index in [0.717, 1.165) is 46.3 Å². The van der Waals surface area contributed by atoms with Gasteiger partial charge in [-0.1, -0.05) is 48.5 Å². The summed E-state index contributed by atoms with van der Waals surface area (Å²) in [6.45, 7) is 0.160. The van der Waals surface area contributed by atoms with Crippen LogP contribution in [0.5, 0.6) is 11.5 Å². The molecule has 5 rings (SSSR count). The van der Waals surface area contributed by atoms with E-state index in [1.807, 2.05) is 42.5 Å². The minimum Gasteiger partial charge on any atom is -0.450 e. The van der Waals surface area contributed by atoms with Crippen LogP contribution in [0.3, 0.4) is 0 Å². The van der Waals surface area contributed by atoms with E-state index in [-0.39, 0.29) is 28.2 Å². The molecule has 4 aromatic carbocycles. The molecule has 4 aromatic rings. The van der Waals surface area contributed by atoms with Crippen molar-refractivity contribution < 1.29 is 24.2 Å². The number of fused-ring (bicyclic) bond motifs is 1. The Morgan fingerprint density at radius 2 is 1.58 bits per heavy atom. The molecule has 1 heterocycles. The van der Waals surface area contributed by atoms with Crippen molar-refractivity contribution >= 4 is 51.1 Å². The molecule has 0 N–H and O–H groups in total. The third-order valence-electron chi connectivity index (χ3n) is 5.78. The van der Waals surface area contributed by atoms with E-state index in [1.165, 1.54) is 17.0 Å². The molecule has 0 aliphatic carbocycles. The number of carbonyl (C=O) groups excluding carboxylic acids is 2. The summed E-state index contributed by atoms with van der Waals surface area (Å²) in [5.41, 5.74) is 0.498. The summed E-state index contributed by atoms with van der Waals surface area (Å²) >= 11 is 0.852. The van der Waals surface area contributed by atoms with Gasteiger partial charge in [-0.3, -0.25) is 34.7 Å². The molecule has 0 unspecified atom stereocenters. The number of benzene rings is 4. The van der Waals surface area contributed by atoms with Crippen LogP contribution >= 0.6 is 11.8 Å². The molecule has 0 saturated carbocycles. The maximum Gasteiger partial charge on any atom is 0.318 e. The Kier molecular flexibility index (Phi) is 6.58. The number of rotatable bonds is 7. The van der Waals surface area contributed by atoms with Gasteiger partial charge in [0.2, 0.25) is 5.75 Å². The van der Waals surface area contributed by atoms with Crippen molar-refractivity contribution in [2.45, 2.75) is 6.54 Å². The van der Waals surface area contributed by atoms with E-state index in [1.54, 1.807) is 18.2 Å². The first-order chi connectivity index (χ1) is 18.3. The van der Waals surface area contributed by atoms with Crippen molar-refractivity contribution in [3.8, 4) is 11.5 Å². The first-order valence-electron chi connectivity index (χ1n) is 11.2. The molecule has 1 fully saturated rings. The van der Waals surface area contributed by atoms with E-state index in [4.69, 9.17) is 4.74 Å². The SMILES string of the molecule is O=C1S/C(=C\c2ccc(Oc3ccc([N+](=O)[O-])cc3[N+](=O)[O-])cc2)C(=O)N1Cc1ccc2ccccc2c1. The predicted molar refractivity (Wildman–Crippen MR) is 142 cm³/mol. The zero-order valence-corrected chi connectivity index (χ0v) is 20.3. The van der Waals surface area contributed by atoms with Gasteiger partial charge in [-0.25, -0.2) is 0 Å². The van der Waals surface area contributed by atoms with Crippen molar-refractivity contribution in [3.05, 3.63) is 121 Å². The van der Waals surface area contributed by atoms with Crippen LogP contribution in [0, 0.1) is 20.2 Å². The Labute approximate surface area is 219 Å². The van der Waals surface area contributed by atoms with Crippen molar-refractivity contribution in [2.75, 3.05) is 0 Å². The first-order valence-corrected chi connectivity index (χ1v) is 12.0. The minimum atomic E-state index is -0.759.